The highest BCUT2D eigenvalue weighted by molar-refractivity contribution is 7.98. The Morgan fingerprint density at radius 3 is 2.71 bits per heavy atom. The van der Waals surface area contributed by atoms with Crippen molar-refractivity contribution in [1.82, 2.24) is 15.3 Å². The Balaban J connectivity index is 1.99. The summed E-state index contributed by atoms with van der Waals surface area (Å²) in [6.45, 7) is 2.57. The van der Waals surface area contributed by atoms with E-state index >= 15 is 0 Å². The third-order valence-electron chi connectivity index (χ3n) is 3.63. The van der Waals surface area contributed by atoms with Crippen molar-refractivity contribution in [2.24, 2.45) is 0 Å². The van der Waals surface area contributed by atoms with Gasteiger partial charge in [0.25, 0.3) is 0 Å². The fourth-order valence-electron chi connectivity index (χ4n) is 2.30. The highest BCUT2D eigenvalue weighted by Crippen LogP contribution is 2.15. The standard InChI is InChI=1S/C18H23N3O2S/c1-13-5-4-6-15(9-13)17-20-11-14(12-21-17)10-19-16(7-8-24-3)18(22)23-2/h4-6,9,11-12,16,19H,7-8,10H2,1-3H3/t16-/m1/s1. The predicted molar refractivity (Wildman–Crippen MR) is 97.8 cm³/mol. The van der Waals surface area contributed by atoms with Gasteiger partial charge in [-0.1, -0.05) is 23.8 Å². The van der Waals surface area contributed by atoms with Crippen LogP contribution in [-0.4, -0.2) is 41.1 Å². The van der Waals surface area contributed by atoms with Gasteiger partial charge in [-0.05, 0) is 31.4 Å². The molecule has 0 aliphatic heterocycles. The van der Waals surface area contributed by atoms with Gasteiger partial charge in [-0.25, -0.2) is 9.97 Å². The smallest absolute Gasteiger partial charge is 0.322 e. The molecule has 0 unspecified atom stereocenters. The van der Waals surface area contributed by atoms with E-state index in [0.717, 1.165) is 23.3 Å². The second kappa shape index (κ2) is 9.39. The third-order valence-corrected chi connectivity index (χ3v) is 4.27. The molecule has 0 fully saturated rings. The molecule has 2 rings (SSSR count). The predicted octanol–water partition coefficient (Wildman–Crippen LogP) is 2.84. The Morgan fingerprint density at radius 1 is 1.33 bits per heavy atom. The first-order valence-corrected chi connectivity index (χ1v) is 9.21. The van der Waals surface area contributed by atoms with Crippen LogP contribution in [0.2, 0.25) is 0 Å². The number of aromatic nitrogens is 2. The van der Waals surface area contributed by atoms with Crippen LogP contribution >= 0.6 is 11.8 Å². The molecule has 2 aromatic rings. The molecule has 5 nitrogen and oxygen atoms in total. The molecule has 1 aromatic heterocycles. The summed E-state index contributed by atoms with van der Waals surface area (Å²) in [5, 5.41) is 3.22. The van der Waals surface area contributed by atoms with E-state index in [9.17, 15) is 4.79 Å². The number of aryl methyl sites for hydroxylation is 1. The van der Waals surface area contributed by atoms with E-state index in [2.05, 4.69) is 21.4 Å². The molecular formula is C18H23N3O2S. The molecule has 0 spiro atoms. The molecule has 1 aromatic carbocycles. The maximum Gasteiger partial charge on any atom is 0.322 e. The zero-order chi connectivity index (χ0) is 17.4. The van der Waals surface area contributed by atoms with Crippen molar-refractivity contribution in [3.05, 3.63) is 47.8 Å². The normalized spacial score (nSPS) is 12.0. The molecule has 6 heteroatoms. The molecule has 0 radical (unpaired) electrons. The van der Waals surface area contributed by atoms with Gasteiger partial charge in [0, 0.05) is 30.1 Å². The molecule has 0 amide bonds. The first kappa shape index (κ1) is 18.4. The third kappa shape index (κ3) is 5.32. The maximum absolute atomic E-state index is 11.8. The molecule has 0 saturated heterocycles. The second-order valence-electron chi connectivity index (χ2n) is 5.52. The van der Waals surface area contributed by atoms with Gasteiger partial charge in [0.05, 0.1) is 7.11 Å². The summed E-state index contributed by atoms with van der Waals surface area (Å²) in [7, 11) is 1.41. The van der Waals surface area contributed by atoms with Gasteiger partial charge in [0.2, 0.25) is 0 Å². The van der Waals surface area contributed by atoms with Crippen molar-refractivity contribution in [3.8, 4) is 11.4 Å². The van der Waals surface area contributed by atoms with Crippen LogP contribution in [0.1, 0.15) is 17.5 Å². The van der Waals surface area contributed by atoms with E-state index in [4.69, 9.17) is 4.74 Å². The molecule has 1 heterocycles. The average molecular weight is 345 g/mol. The minimum atomic E-state index is -0.307. The van der Waals surface area contributed by atoms with Crippen LogP contribution in [-0.2, 0) is 16.1 Å². The van der Waals surface area contributed by atoms with E-state index in [-0.39, 0.29) is 12.0 Å². The topological polar surface area (TPSA) is 64.1 Å². The molecule has 128 valence electrons. The Hall–Kier alpha value is -1.92. The Kier molecular flexibility index (Phi) is 7.21. The van der Waals surface area contributed by atoms with Crippen LogP contribution in [0.25, 0.3) is 11.4 Å². The van der Waals surface area contributed by atoms with Crippen molar-refractivity contribution in [3.63, 3.8) is 0 Å². The van der Waals surface area contributed by atoms with Crippen molar-refractivity contribution in [2.75, 3.05) is 19.1 Å². The number of benzene rings is 1. The number of hydrogen-bond donors (Lipinski definition) is 1. The summed E-state index contributed by atoms with van der Waals surface area (Å²) < 4.78 is 4.84. The van der Waals surface area contributed by atoms with Crippen LogP contribution < -0.4 is 5.32 Å². The molecule has 0 aliphatic carbocycles. The quantitative estimate of drug-likeness (QED) is 0.742. The van der Waals surface area contributed by atoms with Crippen LogP contribution in [0.15, 0.2) is 36.7 Å². The Labute approximate surface area is 147 Å². The minimum Gasteiger partial charge on any atom is -0.468 e. The SMILES string of the molecule is COC(=O)[C@@H](CCSC)NCc1cnc(-c2cccc(C)c2)nc1. The van der Waals surface area contributed by atoms with Crippen molar-refractivity contribution >= 4 is 17.7 Å². The number of esters is 1. The largest absolute Gasteiger partial charge is 0.468 e. The van der Waals surface area contributed by atoms with E-state index in [1.165, 1.54) is 12.7 Å². The number of carbonyl (C=O) groups excluding carboxylic acids is 1. The highest BCUT2D eigenvalue weighted by Gasteiger charge is 2.17. The number of rotatable bonds is 8. The zero-order valence-corrected chi connectivity index (χ0v) is 15.1. The Bertz CT molecular complexity index is 662. The molecule has 24 heavy (non-hydrogen) atoms. The van der Waals surface area contributed by atoms with E-state index in [1.54, 1.807) is 24.2 Å². The highest BCUT2D eigenvalue weighted by atomic mass is 32.2. The van der Waals surface area contributed by atoms with Gasteiger partial charge in [-0.3, -0.25) is 4.79 Å². The number of thioether (sulfide) groups is 1. The number of carbonyl (C=O) groups is 1. The van der Waals surface area contributed by atoms with Crippen LogP contribution in [0.4, 0.5) is 0 Å². The maximum atomic E-state index is 11.8. The van der Waals surface area contributed by atoms with Crippen LogP contribution in [0.5, 0.6) is 0 Å². The zero-order valence-electron chi connectivity index (χ0n) is 14.3. The van der Waals surface area contributed by atoms with Crippen molar-refractivity contribution in [1.29, 1.82) is 0 Å². The van der Waals surface area contributed by atoms with Gasteiger partial charge in [-0.15, -0.1) is 0 Å². The number of nitrogens with zero attached hydrogens (tertiary/aromatic N) is 2. The molecule has 0 aliphatic rings. The number of nitrogens with one attached hydrogen (secondary N) is 1. The Morgan fingerprint density at radius 2 is 2.08 bits per heavy atom. The fourth-order valence-corrected chi connectivity index (χ4v) is 2.77. The van der Waals surface area contributed by atoms with Gasteiger partial charge < -0.3 is 10.1 Å². The summed E-state index contributed by atoms with van der Waals surface area (Å²) in [6.07, 6.45) is 6.34. The van der Waals surface area contributed by atoms with E-state index in [1.807, 2.05) is 31.4 Å². The molecule has 1 atom stereocenters. The lowest BCUT2D eigenvalue weighted by molar-refractivity contribution is -0.143. The summed E-state index contributed by atoms with van der Waals surface area (Å²) in [4.78, 5) is 20.6. The summed E-state index contributed by atoms with van der Waals surface area (Å²) in [5.74, 6) is 1.37. The summed E-state index contributed by atoms with van der Waals surface area (Å²) >= 11 is 1.71. The van der Waals surface area contributed by atoms with E-state index in [0.29, 0.717) is 12.4 Å². The first-order chi connectivity index (χ1) is 11.6. The number of methoxy groups -OCH3 is 1. The fraction of sp³-hybridized carbons (Fsp3) is 0.389. The lowest BCUT2D eigenvalue weighted by Crippen LogP contribution is -2.37. The average Bonchev–Trinajstić information content (AvgIpc) is 2.61. The lowest BCUT2D eigenvalue weighted by Gasteiger charge is -2.15. The second-order valence-corrected chi connectivity index (χ2v) is 6.51. The van der Waals surface area contributed by atoms with Crippen LogP contribution in [0.3, 0.4) is 0 Å². The number of hydrogen-bond acceptors (Lipinski definition) is 6. The number of ether oxygens (including phenoxy) is 1. The lowest BCUT2D eigenvalue weighted by atomic mass is 10.1. The summed E-state index contributed by atoms with van der Waals surface area (Å²) in [5.41, 5.74) is 3.11. The molecule has 0 saturated carbocycles. The molecule has 1 N–H and O–H groups in total. The van der Waals surface area contributed by atoms with E-state index < -0.39 is 0 Å². The molecule has 0 bridgehead atoms. The minimum absolute atomic E-state index is 0.235. The van der Waals surface area contributed by atoms with Crippen molar-refractivity contribution < 1.29 is 9.53 Å². The summed E-state index contributed by atoms with van der Waals surface area (Å²) in [6, 6.07) is 7.79. The van der Waals surface area contributed by atoms with Crippen molar-refractivity contribution in [2.45, 2.75) is 25.9 Å². The van der Waals surface area contributed by atoms with Gasteiger partial charge in [0.15, 0.2) is 5.82 Å². The monoisotopic (exact) mass is 345 g/mol. The molecular weight excluding hydrogens is 322 g/mol. The van der Waals surface area contributed by atoms with Crippen LogP contribution in [0, 0.1) is 6.92 Å². The van der Waals surface area contributed by atoms with Gasteiger partial charge in [-0.2, -0.15) is 11.8 Å². The first-order valence-electron chi connectivity index (χ1n) is 7.82. The van der Waals surface area contributed by atoms with Gasteiger partial charge in [0.1, 0.15) is 6.04 Å². The van der Waals surface area contributed by atoms with Gasteiger partial charge >= 0.3 is 5.97 Å².